The van der Waals surface area contributed by atoms with Gasteiger partial charge in [-0.25, -0.2) is 4.98 Å². The van der Waals surface area contributed by atoms with Crippen LogP contribution in [0.1, 0.15) is 23.3 Å². The van der Waals surface area contributed by atoms with Gasteiger partial charge in [-0.3, -0.25) is 9.78 Å². The van der Waals surface area contributed by atoms with Crippen LogP contribution < -0.4 is 9.80 Å². The van der Waals surface area contributed by atoms with Crippen molar-refractivity contribution in [3.8, 4) is 6.07 Å². The molecule has 0 radical (unpaired) electrons. The van der Waals surface area contributed by atoms with E-state index < -0.39 is 0 Å². The summed E-state index contributed by atoms with van der Waals surface area (Å²) in [5.74, 6) is 0.768. The van der Waals surface area contributed by atoms with Crippen LogP contribution in [0.3, 0.4) is 0 Å². The van der Waals surface area contributed by atoms with Crippen molar-refractivity contribution in [2.75, 3.05) is 29.9 Å². The summed E-state index contributed by atoms with van der Waals surface area (Å²) in [6, 6.07) is 5.97. The molecule has 24 heavy (non-hydrogen) atoms. The average molecular weight is 324 g/mol. The standard InChI is InChI=1S/C17H20N6O/c1-21(14-4-3-7-19-11-14)16(24)15-12-20-17(22(15)2)23-8-5-13(10-18)6-9-23/h3-4,7,11-13H,5-6,8-9H2,1-2H3. The summed E-state index contributed by atoms with van der Waals surface area (Å²) in [5, 5.41) is 9.00. The summed E-state index contributed by atoms with van der Waals surface area (Å²) in [4.78, 5) is 24.9. The molecule has 1 amide bonds. The summed E-state index contributed by atoms with van der Waals surface area (Å²) in [6.45, 7) is 1.57. The molecule has 0 unspecified atom stereocenters. The molecule has 124 valence electrons. The Morgan fingerprint density at radius 3 is 2.75 bits per heavy atom. The van der Waals surface area contributed by atoms with E-state index in [9.17, 15) is 4.79 Å². The molecule has 0 spiro atoms. The van der Waals surface area contributed by atoms with E-state index in [1.54, 1.807) is 36.6 Å². The van der Waals surface area contributed by atoms with Gasteiger partial charge in [-0.05, 0) is 25.0 Å². The van der Waals surface area contributed by atoms with E-state index in [4.69, 9.17) is 5.26 Å². The second-order valence-corrected chi connectivity index (χ2v) is 5.97. The average Bonchev–Trinajstić information content (AvgIpc) is 3.02. The number of aromatic nitrogens is 3. The lowest BCUT2D eigenvalue weighted by molar-refractivity contribution is 0.0985. The van der Waals surface area contributed by atoms with E-state index in [0.29, 0.717) is 5.69 Å². The minimum Gasteiger partial charge on any atom is -0.342 e. The van der Waals surface area contributed by atoms with Crippen molar-refractivity contribution >= 4 is 17.5 Å². The van der Waals surface area contributed by atoms with Crippen molar-refractivity contribution in [2.45, 2.75) is 12.8 Å². The van der Waals surface area contributed by atoms with Gasteiger partial charge in [0.15, 0.2) is 0 Å². The molecule has 0 saturated carbocycles. The van der Waals surface area contributed by atoms with Crippen LogP contribution >= 0.6 is 0 Å². The Labute approximate surface area is 141 Å². The van der Waals surface area contributed by atoms with E-state index in [1.165, 1.54) is 0 Å². The minimum absolute atomic E-state index is 0.124. The number of hydrogen-bond donors (Lipinski definition) is 0. The Kier molecular flexibility index (Phi) is 4.47. The number of carbonyl (C=O) groups is 1. The van der Waals surface area contributed by atoms with E-state index in [1.807, 2.05) is 17.7 Å². The Bertz CT molecular complexity index is 755. The van der Waals surface area contributed by atoms with Gasteiger partial charge < -0.3 is 14.4 Å². The zero-order valence-corrected chi connectivity index (χ0v) is 13.9. The first-order valence-corrected chi connectivity index (χ1v) is 7.96. The Morgan fingerprint density at radius 1 is 1.38 bits per heavy atom. The lowest BCUT2D eigenvalue weighted by atomic mass is 9.99. The van der Waals surface area contributed by atoms with E-state index in [0.717, 1.165) is 37.6 Å². The third kappa shape index (κ3) is 2.95. The molecule has 7 nitrogen and oxygen atoms in total. The van der Waals surface area contributed by atoms with Crippen molar-refractivity contribution in [3.63, 3.8) is 0 Å². The highest BCUT2D eigenvalue weighted by molar-refractivity contribution is 6.04. The Balaban J connectivity index is 1.78. The predicted molar refractivity (Wildman–Crippen MR) is 90.7 cm³/mol. The lowest BCUT2D eigenvalue weighted by Gasteiger charge is -2.30. The highest BCUT2D eigenvalue weighted by atomic mass is 16.2. The van der Waals surface area contributed by atoms with Crippen LogP contribution in [0.5, 0.6) is 0 Å². The molecule has 2 aromatic heterocycles. The summed E-state index contributed by atoms with van der Waals surface area (Å²) < 4.78 is 1.82. The first-order valence-electron chi connectivity index (χ1n) is 7.96. The fourth-order valence-electron chi connectivity index (χ4n) is 2.94. The molecule has 3 rings (SSSR count). The molecule has 0 aromatic carbocycles. The van der Waals surface area contributed by atoms with Crippen LogP contribution in [0.15, 0.2) is 30.7 Å². The molecule has 7 heteroatoms. The smallest absolute Gasteiger partial charge is 0.276 e. The normalized spacial score (nSPS) is 15.1. The van der Waals surface area contributed by atoms with Crippen molar-refractivity contribution in [3.05, 3.63) is 36.4 Å². The van der Waals surface area contributed by atoms with Crippen molar-refractivity contribution < 1.29 is 4.79 Å². The maximum Gasteiger partial charge on any atom is 0.276 e. The van der Waals surface area contributed by atoms with Crippen LogP contribution in [0.2, 0.25) is 0 Å². The van der Waals surface area contributed by atoms with Gasteiger partial charge >= 0.3 is 0 Å². The monoisotopic (exact) mass is 324 g/mol. The molecule has 0 atom stereocenters. The summed E-state index contributed by atoms with van der Waals surface area (Å²) >= 11 is 0. The van der Waals surface area contributed by atoms with Gasteiger partial charge in [0, 0.05) is 39.3 Å². The van der Waals surface area contributed by atoms with Gasteiger partial charge in [-0.1, -0.05) is 0 Å². The van der Waals surface area contributed by atoms with Crippen molar-refractivity contribution in [1.82, 2.24) is 14.5 Å². The SMILES string of the molecule is CN(C(=O)c1cnc(N2CCC(C#N)CC2)n1C)c1cccnc1. The van der Waals surface area contributed by atoms with Gasteiger partial charge in [-0.2, -0.15) is 5.26 Å². The molecule has 1 fully saturated rings. The number of carbonyl (C=O) groups excluding carboxylic acids is 1. The Hall–Kier alpha value is -2.88. The molecular weight excluding hydrogens is 304 g/mol. The van der Waals surface area contributed by atoms with Gasteiger partial charge in [0.25, 0.3) is 5.91 Å². The van der Waals surface area contributed by atoms with Crippen LogP contribution in [0.25, 0.3) is 0 Å². The van der Waals surface area contributed by atoms with Gasteiger partial charge in [-0.15, -0.1) is 0 Å². The summed E-state index contributed by atoms with van der Waals surface area (Å²) in [6.07, 6.45) is 6.61. The van der Waals surface area contributed by atoms with E-state index >= 15 is 0 Å². The zero-order valence-electron chi connectivity index (χ0n) is 13.9. The molecule has 2 aromatic rings. The molecule has 1 aliphatic rings. The molecular formula is C17H20N6O. The predicted octanol–water partition coefficient (Wildman–Crippen LogP) is 1.83. The number of rotatable bonds is 3. The van der Waals surface area contributed by atoms with Crippen LogP contribution in [-0.2, 0) is 7.05 Å². The molecule has 3 heterocycles. The number of anilines is 2. The number of nitriles is 1. The second kappa shape index (κ2) is 6.71. The maximum absolute atomic E-state index is 12.7. The molecule has 1 saturated heterocycles. The van der Waals surface area contributed by atoms with Gasteiger partial charge in [0.05, 0.1) is 24.2 Å². The van der Waals surface area contributed by atoms with Crippen LogP contribution in [0, 0.1) is 17.2 Å². The zero-order chi connectivity index (χ0) is 17.1. The number of piperidine rings is 1. The summed E-state index contributed by atoms with van der Waals surface area (Å²) in [7, 11) is 3.58. The van der Waals surface area contributed by atoms with E-state index in [2.05, 4.69) is 20.9 Å². The third-order valence-corrected chi connectivity index (χ3v) is 4.48. The topological polar surface area (TPSA) is 78.0 Å². The first kappa shape index (κ1) is 16.0. The number of amides is 1. The van der Waals surface area contributed by atoms with Gasteiger partial charge in [0.2, 0.25) is 5.95 Å². The minimum atomic E-state index is -0.129. The number of nitrogens with zero attached hydrogens (tertiary/aromatic N) is 6. The first-order chi connectivity index (χ1) is 11.6. The van der Waals surface area contributed by atoms with Crippen molar-refractivity contribution in [1.29, 1.82) is 5.26 Å². The molecule has 0 N–H and O–H groups in total. The number of imidazole rings is 1. The maximum atomic E-state index is 12.7. The fourth-order valence-corrected chi connectivity index (χ4v) is 2.94. The highest BCUT2D eigenvalue weighted by Crippen LogP contribution is 2.23. The van der Waals surface area contributed by atoms with E-state index in [-0.39, 0.29) is 11.8 Å². The highest BCUT2D eigenvalue weighted by Gasteiger charge is 2.25. The third-order valence-electron chi connectivity index (χ3n) is 4.48. The lowest BCUT2D eigenvalue weighted by Crippen LogP contribution is -2.35. The van der Waals surface area contributed by atoms with Crippen molar-refractivity contribution in [2.24, 2.45) is 13.0 Å². The van der Waals surface area contributed by atoms with Crippen LogP contribution in [-0.4, -0.2) is 40.6 Å². The second-order valence-electron chi connectivity index (χ2n) is 5.97. The Morgan fingerprint density at radius 2 is 2.12 bits per heavy atom. The fraction of sp³-hybridized carbons (Fsp3) is 0.412. The number of pyridine rings is 1. The molecule has 0 bridgehead atoms. The molecule has 0 aliphatic carbocycles. The summed E-state index contributed by atoms with van der Waals surface area (Å²) in [5.41, 5.74) is 1.26. The van der Waals surface area contributed by atoms with Crippen LogP contribution in [0.4, 0.5) is 11.6 Å². The largest absolute Gasteiger partial charge is 0.342 e. The quantitative estimate of drug-likeness (QED) is 0.861. The molecule has 1 aliphatic heterocycles. The number of hydrogen-bond acceptors (Lipinski definition) is 5. The van der Waals surface area contributed by atoms with Gasteiger partial charge in [0.1, 0.15) is 5.69 Å².